The topological polar surface area (TPSA) is 72.2 Å². The van der Waals surface area contributed by atoms with Gasteiger partial charge in [-0.2, -0.15) is 0 Å². The number of hydrogen-bond acceptors (Lipinski definition) is 3. The molecule has 0 radical (unpaired) electrons. The van der Waals surface area contributed by atoms with Crippen molar-refractivity contribution in [1.82, 2.24) is 0 Å². The first kappa shape index (κ1) is 14.6. The third kappa shape index (κ3) is 3.02. The largest absolute Gasteiger partial charge is 0.396 e. The standard InChI is InChI=1S/C13H12ClFN2O2S/c1-8-5-11(15)12(16)7-13(8)20(18,19)17-10-4-2-3-9(14)6-10/h2-7,17H,16H2,1H3. The molecule has 0 aliphatic rings. The van der Waals surface area contributed by atoms with E-state index in [2.05, 4.69) is 4.72 Å². The summed E-state index contributed by atoms with van der Waals surface area (Å²) in [6, 6.07) is 8.46. The fourth-order valence-electron chi connectivity index (χ4n) is 1.72. The summed E-state index contributed by atoms with van der Waals surface area (Å²) in [5.41, 5.74) is 5.78. The van der Waals surface area contributed by atoms with Crippen molar-refractivity contribution >= 4 is 33.0 Å². The van der Waals surface area contributed by atoms with E-state index in [4.69, 9.17) is 17.3 Å². The van der Waals surface area contributed by atoms with Gasteiger partial charge in [0.05, 0.1) is 16.3 Å². The van der Waals surface area contributed by atoms with Gasteiger partial charge >= 0.3 is 0 Å². The molecule has 0 aliphatic carbocycles. The first-order valence-corrected chi connectivity index (χ1v) is 7.50. The van der Waals surface area contributed by atoms with E-state index in [-0.39, 0.29) is 16.1 Å². The summed E-state index contributed by atoms with van der Waals surface area (Å²) in [4.78, 5) is -0.0728. The molecule has 4 nitrogen and oxygen atoms in total. The summed E-state index contributed by atoms with van der Waals surface area (Å²) in [6.45, 7) is 1.50. The molecule has 0 spiro atoms. The van der Waals surface area contributed by atoms with Crippen molar-refractivity contribution in [2.45, 2.75) is 11.8 Å². The summed E-state index contributed by atoms with van der Waals surface area (Å²) in [5.74, 6) is -0.649. The van der Waals surface area contributed by atoms with Crippen molar-refractivity contribution in [3.63, 3.8) is 0 Å². The molecular formula is C13H12ClFN2O2S. The molecule has 0 aliphatic heterocycles. The molecule has 7 heteroatoms. The van der Waals surface area contributed by atoms with E-state index in [0.717, 1.165) is 12.1 Å². The summed E-state index contributed by atoms with van der Waals surface area (Å²) in [6.07, 6.45) is 0. The van der Waals surface area contributed by atoms with Crippen LogP contribution >= 0.6 is 11.6 Å². The molecule has 2 aromatic carbocycles. The molecule has 0 atom stereocenters. The number of aryl methyl sites for hydroxylation is 1. The molecular weight excluding hydrogens is 303 g/mol. The average Bonchev–Trinajstić information content (AvgIpc) is 2.33. The smallest absolute Gasteiger partial charge is 0.262 e. The van der Waals surface area contributed by atoms with Crippen LogP contribution in [0.25, 0.3) is 0 Å². The molecule has 0 amide bonds. The van der Waals surface area contributed by atoms with Gasteiger partial charge in [0, 0.05) is 5.02 Å². The summed E-state index contributed by atoms with van der Waals surface area (Å²) in [5, 5.41) is 0.403. The lowest BCUT2D eigenvalue weighted by Gasteiger charge is -2.11. The van der Waals surface area contributed by atoms with Crippen molar-refractivity contribution in [1.29, 1.82) is 0 Å². The van der Waals surface area contributed by atoms with Gasteiger partial charge in [0.15, 0.2) is 0 Å². The first-order chi connectivity index (χ1) is 9.29. The molecule has 0 heterocycles. The highest BCUT2D eigenvalue weighted by molar-refractivity contribution is 7.92. The van der Waals surface area contributed by atoms with E-state index in [1.165, 1.54) is 13.0 Å². The highest BCUT2D eigenvalue weighted by atomic mass is 35.5. The number of sulfonamides is 1. The van der Waals surface area contributed by atoms with Gasteiger partial charge in [0.25, 0.3) is 10.0 Å². The summed E-state index contributed by atoms with van der Waals surface area (Å²) in [7, 11) is -3.86. The summed E-state index contributed by atoms with van der Waals surface area (Å²) >= 11 is 5.79. The maximum atomic E-state index is 13.3. The van der Waals surface area contributed by atoms with Gasteiger partial charge in [-0.05, 0) is 42.8 Å². The molecule has 0 aromatic heterocycles. The molecule has 0 saturated carbocycles. The van der Waals surface area contributed by atoms with Crippen LogP contribution in [-0.4, -0.2) is 8.42 Å². The SMILES string of the molecule is Cc1cc(F)c(N)cc1S(=O)(=O)Nc1cccc(Cl)c1. The van der Waals surface area contributed by atoms with Gasteiger partial charge in [-0.3, -0.25) is 4.72 Å². The van der Waals surface area contributed by atoms with Gasteiger partial charge in [-0.15, -0.1) is 0 Å². The van der Waals surface area contributed by atoms with E-state index in [0.29, 0.717) is 10.7 Å². The minimum absolute atomic E-state index is 0.0728. The number of halogens is 2. The van der Waals surface area contributed by atoms with Crippen LogP contribution < -0.4 is 10.5 Å². The minimum Gasteiger partial charge on any atom is -0.396 e. The maximum Gasteiger partial charge on any atom is 0.262 e. The van der Waals surface area contributed by atoms with Crippen LogP contribution in [0.15, 0.2) is 41.3 Å². The van der Waals surface area contributed by atoms with Crippen LogP contribution in [0, 0.1) is 12.7 Å². The van der Waals surface area contributed by atoms with Crippen LogP contribution in [0.5, 0.6) is 0 Å². The Labute approximate surface area is 121 Å². The quantitative estimate of drug-likeness (QED) is 0.855. The Hall–Kier alpha value is -1.79. The van der Waals surface area contributed by atoms with Crippen molar-refractivity contribution in [2.75, 3.05) is 10.5 Å². The maximum absolute atomic E-state index is 13.3. The number of nitrogen functional groups attached to an aromatic ring is 1. The number of benzene rings is 2. The van der Waals surface area contributed by atoms with Gasteiger partial charge < -0.3 is 5.73 Å². The second kappa shape index (κ2) is 5.30. The van der Waals surface area contributed by atoms with Crippen LogP contribution in [-0.2, 0) is 10.0 Å². The third-order valence-electron chi connectivity index (χ3n) is 2.66. The average molecular weight is 315 g/mol. The Kier molecular flexibility index (Phi) is 3.87. The minimum atomic E-state index is -3.86. The second-order valence-electron chi connectivity index (χ2n) is 4.26. The molecule has 2 rings (SSSR count). The molecule has 0 bridgehead atoms. The van der Waals surface area contributed by atoms with E-state index in [1.54, 1.807) is 18.2 Å². The predicted octanol–water partition coefficient (Wildman–Crippen LogP) is 3.17. The van der Waals surface area contributed by atoms with Crippen LogP contribution in [0.3, 0.4) is 0 Å². The molecule has 2 aromatic rings. The molecule has 3 N–H and O–H groups in total. The molecule has 20 heavy (non-hydrogen) atoms. The number of anilines is 2. The Morgan fingerprint density at radius 1 is 1.25 bits per heavy atom. The van der Waals surface area contributed by atoms with Gasteiger partial charge in [0.2, 0.25) is 0 Å². The van der Waals surface area contributed by atoms with Crippen molar-refractivity contribution in [3.05, 3.63) is 52.8 Å². The van der Waals surface area contributed by atoms with Gasteiger partial charge in [-0.1, -0.05) is 17.7 Å². The fourth-order valence-corrected chi connectivity index (χ4v) is 3.22. The van der Waals surface area contributed by atoms with Gasteiger partial charge in [0.1, 0.15) is 5.82 Å². The van der Waals surface area contributed by atoms with Crippen molar-refractivity contribution in [3.8, 4) is 0 Å². The van der Waals surface area contributed by atoms with Crippen LogP contribution in [0.1, 0.15) is 5.56 Å². The van der Waals surface area contributed by atoms with Crippen molar-refractivity contribution in [2.24, 2.45) is 0 Å². The number of rotatable bonds is 3. The second-order valence-corrected chi connectivity index (χ2v) is 6.34. The lowest BCUT2D eigenvalue weighted by Crippen LogP contribution is -2.15. The predicted molar refractivity (Wildman–Crippen MR) is 77.8 cm³/mol. The van der Waals surface area contributed by atoms with Crippen molar-refractivity contribution < 1.29 is 12.8 Å². The van der Waals surface area contributed by atoms with E-state index >= 15 is 0 Å². The number of nitrogens with one attached hydrogen (secondary N) is 1. The molecule has 106 valence electrons. The first-order valence-electron chi connectivity index (χ1n) is 5.63. The Bertz CT molecular complexity index is 763. The van der Waals surface area contributed by atoms with E-state index in [9.17, 15) is 12.8 Å². The Balaban J connectivity index is 2.43. The lowest BCUT2D eigenvalue weighted by atomic mass is 10.2. The zero-order chi connectivity index (χ0) is 14.9. The molecule has 0 unspecified atom stereocenters. The summed E-state index contributed by atoms with van der Waals surface area (Å²) < 4.78 is 40.2. The highest BCUT2D eigenvalue weighted by Crippen LogP contribution is 2.24. The fraction of sp³-hybridized carbons (Fsp3) is 0.0769. The third-order valence-corrected chi connectivity index (χ3v) is 4.42. The zero-order valence-corrected chi connectivity index (χ0v) is 12.1. The Morgan fingerprint density at radius 2 is 1.95 bits per heavy atom. The lowest BCUT2D eigenvalue weighted by molar-refractivity contribution is 0.599. The van der Waals surface area contributed by atoms with Crippen LogP contribution in [0.2, 0.25) is 5.02 Å². The number of nitrogens with two attached hydrogens (primary N) is 1. The van der Waals surface area contributed by atoms with Crippen LogP contribution in [0.4, 0.5) is 15.8 Å². The zero-order valence-electron chi connectivity index (χ0n) is 10.5. The number of hydrogen-bond donors (Lipinski definition) is 2. The van der Waals surface area contributed by atoms with E-state index < -0.39 is 15.8 Å². The van der Waals surface area contributed by atoms with E-state index in [1.807, 2.05) is 0 Å². The normalized spacial score (nSPS) is 11.3. The molecule has 0 fully saturated rings. The Morgan fingerprint density at radius 3 is 2.60 bits per heavy atom. The monoisotopic (exact) mass is 314 g/mol. The molecule has 0 saturated heterocycles. The van der Waals surface area contributed by atoms with Gasteiger partial charge in [-0.25, -0.2) is 12.8 Å². The highest BCUT2D eigenvalue weighted by Gasteiger charge is 2.19.